The monoisotopic (exact) mass is 314 g/mol. The van der Waals surface area contributed by atoms with Gasteiger partial charge in [-0.2, -0.15) is 0 Å². The van der Waals surface area contributed by atoms with Crippen molar-refractivity contribution in [3.8, 4) is 5.75 Å². The van der Waals surface area contributed by atoms with Crippen LogP contribution in [-0.4, -0.2) is 18.4 Å². The molecule has 6 heteroatoms. The van der Waals surface area contributed by atoms with Crippen LogP contribution in [0.5, 0.6) is 5.75 Å². The Balaban J connectivity index is 1.59. The number of fused-ring (bicyclic) bond motifs is 1. The third-order valence-electron chi connectivity index (χ3n) is 3.49. The Morgan fingerprint density at radius 1 is 1.22 bits per heavy atom. The second-order valence-corrected chi connectivity index (χ2v) is 5.18. The molecule has 1 heterocycles. The summed E-state index contributed by atoms with van der Waals surface area (Å²) in [5.41, 5.74) is 1.86. The van der Waals surface area contributed by atoms with Gasteiger partial charge in [0, 0.05) is 12.1 Å². The molecule has 0 radical (unpaired) electrons. The van der Waals surface area contributed by atoms with Crippen molar-refractivity contribution in [2.45, 2.75) is 12.8 Å². The minimum Gasteiger partial charge on any atom is -0.484 e. The number of carbonyl (C=O) groups is 2. The fourth-order valence-corrected chi connectivity index (χ4v) is 2.35. The van der Waals surface area contributed by atoms with E-state index in [0.717, 1.165) is 11.3 Å². The van der Waals surface area contributed by atoms with Crippen LogP contribution in [0.4, 0.5) is 15.8 Å². The van der Waals surface area contributed by atoms with Gasteiger partial charge in [-0.15, -0.1) is 0 Å². The summed E-state index contributed by atoms with van der Waals surface area (Å²) in [4.78, 5) is 23.1. The van der Waals surface area contributed by atoms with Crippen LogP contribution < -0.4 is 15.4 Å². The lowest BCUT2D eigenvalue weighted by Crippen LogP contribution is -2.21. The number of anilines is 2. The fourth-order valence-electron chi connectivity index (χ4n) is 2.35. The number of aryl methyl sites for hydroxylation is 1. The molecule has 0 aromatic heterocycles. The molecule has 0 unspecified atom stereocenters. The minimum atomic E-state index is -0.495. The highest BCUT2D eigenvalue weighted by Crippen LogP contribution is 2.26. The molecule has 2 N–H and O–H groups in total. The van der Waals surface area contributed by atoms with Gasteiger partial charge in [0.2, 0.25) is 5.91 Å². The maximum Gasteiger partial charge on any atom is 0.262 e. The Morgan fingerprint density at radius 2 is 2.04 bits per heavy atom. The van der Waals surface area contributed by atoms with E-state index in [-0.39, 0.29) is 18.2 Å². The van der Waals surface area contributed by atoms with E-state index in [1.54, 1.807) is 30.3 Å². The third kappa shape index (κ3) is 3.66. The number of ether oxygens (including phenoxy) is 1. The normalized spacial score (nSPS) is 13.0. The molecule has 3 rings (SSSR count). The number of amides is 2. The fraction of sp³-hybridized carbons (Fsp3) is 0.176. The zero-order valence-corrected chi connectivity index (χ0v) is 12.3. The first-order valence-corrected chi connectivity index (χ1v) is 7.22. The molecule has 2 aromatic rings. The van der Waals surface area contributed by atoms with Crippen LogP contribution in [0.15, 0.2) is 42.5 Å². The predicted octanol–water partition coefficient (Wildman–Crippen LogP) is 2.73. The van der Waals surface area contributed by atoms with Crippen LogP contribution in [0, 0.1) is 5.82 Å². The van der Waals surface area contributed by atoms with E-state index in [2.05, 4.69) is 10.6 Å². The number of rotatable bonds is 4. The number of nitrogens with one attached hydrogen (secondary N) is 2. The zero-order valence-electron chi connectivity index (χ0n) is 12.3. The van der Waals surface area contributed by atoms with Crippen molar-refractivity contribution in [3.05, 3.63) is 53.8 Å². The molecule has 0 spiro atoms. The number of para-hydroxylation sites is 1. The summed E-state index contributed by atoms with van der Waals surface area (Å²) in [5, 5.41) is 5.23. The Labute approximate surface area is 132 Å². The number of hydrogen-bond acceptors (Lipinski definition) is 3. The van der Waals surface area contributed by atoms with E-state index in [1.165, 1.54) is 12.1 Å². The molecule has 2 aromatic carbocycles. The Kier molecular flexibility index (Phi) is 4.23. The minimum absolute atomic E-state index is 0.00423. The van der Waals surface area contributed by atoms with E-state index in [1.807, 2.05) is 0 Å². The summed E-state index contributed by atoms with van der Waals surface area (Å²) in [5.74, 6) is -0.412. The first-order chi connectivity index (χ1) is 11.1. The van der Waals surface area contributed by atoms with Crippen molar-refractivity contribution < 1.29 is 18.7 Å². The topological polar surface area (TPSA) is 67.4 Å². The van der Waals surface area contributed by atoms with E-state index in [0.29, 0.717) is 18.6 Å². The maximum atomic E-state index is 13.4. The Hall–Kier alpha value is -2.89. The molecule has 0 saturated heterocycles. The molecule has 0 atom stereocenters. The van der Waals surface area contributed by atoms with Gasteiger partial charge in [0.05, 0.1) is 5.69 Å². The van der Waals surface area contributed by atoms with Gasteiger partial charge in [0.15, 0.2) is 6.61 Å². The van der Waals surface area contributed by atoms with Gasteiger partial charge in [-0.1, -0.05) is 12.1 Å². The molecule has 0 aliphatic carbocycles. The summed E-state index contributed by atoms with van der Waals surface area (Å²) < 4.78 is 18.9. The van der Waals surface area contributed by atoms with Crippen LogP contribution in [0.3, 0.4) is 0 Å². The maximum absolute atomic E-state index is 13.4. The lowest BCUT2D eigenvalue weighted by molar-refractivity contribution is -0.118. The lowest BCUT2D eigenvalue weighted by Gasteiger charge is -2.17. The van der Waals surface area contributed by atoms with Crippen molar-refractivity contribution in [1.29, 1.82) is 0 Å². The third-order valence-corrected chi connectivity index (χ3v) is 3.49. The predicted molar refractivity (Wildman–Crippen MR) is 83.9 cm³/mol. The molecule has 0 saturated carbocycles. The molecular weight excluding hydrogens is 299 g/mol. The molecule has 118 valence electrons. The number of hydrogen-bond donors (Lipinski definition) is 2. The first kappa shape index (κ1) is 15.0. The van der Waals surface area contributed by atoms with Gasteiger partial charge in [0.25, 0.3) is 5.91 Å². The van der Waals surface area contributed by atoms with Crippen molar-refractivity contribution in [2.75, 3.05) is 17.2 Å². The smallest absolute Gasteiger partial charge is 0.262 e. The van der Waals surface area contributed by atoms with Crippen LogP contribution in [0.1, 0.15) is 12.0 Å². The molecule has 1 aliphatic rings. The quantitative estimate of drug-likeness (QED) is 0.912. The van der Waals surface area contributed by atoms with Gasteiger partial charge in [-0.05, 0) is 42.3 Å². The van der Waals surface area contributed by atoms with Crippen LogP contribution >= 0.6 is 0 Å². The average molecular weight is 314 g/mol. The van der Waals surface area contributed by atoms with E-state index < -0.39 is 11.7 Å². The summed E-state index contributed by atoms with van der Waals surface area (Å²) in [7, 11) is 0. The van der Waals surface area contributed by atoms with Gasteiger partial charge < -0.3 is 15.4 Å². The van der Waals surface area contributed by atoms with Gasteiger partial charge in [-0.25, -0.2) is 4.39 Å². The molecule has 2 amide bonds. The summed E-state index contributed by atoms with van der Waals surface area (Å²) in [6.45, 7) is -0.223. The molecule has 23 heavy (non-hydrogen) atoms. The van der Waals surface area contributed by atoms with Crippen molar-refractivity contribution in [1.82, 2.24) is 0 Å². The second-order valence-electron chi connectivity index (χ2n) is 5.18. The highest BCUT2D eigenvalue weighted by molar-refractivity contribution is 5.94. The molecule has 1 aliphatic heterocycles. The average Bonchev–Trinajstić information content (AvgIpc) is 2.55. The Morgan fingerprint density at radius 3 is 2.87 bits per heavy atom. The summed E-state index contributed by atoms with van der Waals surface area (Å²) in [6.07, 6.45) is 1.07. The second kappa shape index (κ2) is 6.48. The van der Waals surface area contributed by atoms with Crippen molar-refractivity contribution in [2.24, 2.45) is 0 Å². The largest absolute Gasteiger partial charge is 0.484 e. The first-order valence-electron chi connectivity index (χ1n) is 7.22. The highest BCUT2D eigenvalue weighted by atomic mass is 19.1. The van der Waals surface area contributed by atoms with E-state index in [9.17, 15) is 14.0 Å². The number of halogens is 1. The van der Waals surface area contributed by atoms with Gasteiger partial charge in [0.1, 0.15) is 11.6 Å². The summed E-state index contributed by atoms with van der Waals surface area (Å²) >= 11 is 0. The molecular formula is C17H15FN2O3. The van der Waals surface area contributed by atoms with Gasteiger partial charge >= 0.3 is 0 Å². The molecule has 5 nitrogen and oxygen atoms in total. The molecule has 0 bridgehead atoms. The van der Waals surface area contributed by atoms with E-state index in [4.69, 9.17) is 4.74 Å². The zero-order chi connectivity index (χ0) is 16.2. The summed E-state index contributed by atoms with van der Waals surface area (Å²) in [6, 6.07) is 11.2. The number of benzene rings is 2. The SMILES string of the molecule is O=C(COc1ccc2c(c1)CCC(=O)N2)Nc1ccccc1F. The molecule has 0 fully saturated rings. The van der Waals surface area contributed by atoms with E-state index >= 15 is 0 Å². The van der Waals surface area contributed by atoms with Crippen LogP contribution in [0.25, 0.3) is 0 Å². The Bertz CT molecular complexity index is 761. The highest BCUT2D eigenvalue weighted by Gasteiger charge is 2.15. The lowest BCUT2D eigenvalue weighted by atomic mass is 10.0. The van der Waals surface area contributed by atoms with Crippen LogP contribution in [0.2, 0.25) is 0 Å². The number of carbonyl (C=O) groups excluding carboxylic acids is 2. The van der Waals surface area contributed by atoms with Crippen LogP contribution in [-0.2, 0) is 16.0 Å². The standard InChI is InChI=1S/C17H15FN2O3/c18-13-3-1-2-4-15(13)20-17(22)10-23-12-6-7-14-11(9-12)5-8-16(21)19-14/h1-4,6-7,9H,5,8,10H2,(H,19,21)(H,20,22). The van der Waals surface area contributed by atoms with Crippen molar-refractivity contribution >= 4 is 23.2 Å². The van der Waals surface area contributed by atoms with Crippen molar-refractivity contribution in [3.63, 3.8) is 0 Å². The van der Waals surface area contributed by atoms with Gasteiger partial charge in [-0.3, -0.25) is 9.59 Å².